The van der Waals surface area contributed by atoms with Crippen LogP contribution in [0.5, 0.6) is 0 Å². The summed E-state index contributed by atoms with van der Waals surface area (Å²) in [5.74, 6) is 1.34. The Kier molecular flexibility index (Phi) is 5.23. The molecule has 0 spiro atoms. The number of aromatic nitrogens is 2. The number of aryl methyl sites for hydroxylation is 2. The average Bonchev–Trinajstić information content (AvgIpc) is 2.42. The van der Waals surface area contributed by atoms with Crippen LogP contribution in [0.1, 0.15) is 43.4 Å². The van der Waals surface area contributed by atoms with Crippen molar-refractivity contribution >= 4 is 17.6 Å². The number of nitrogens with one attached hydrogen (secondary N) is 1. The highest BCUT2D eigenvalue weighted by Gasteiger charge is 2.16. The van der Waals surface area contributed by atoms with Crippen molar-refractivity contribution in [2.45, 2.75) is 50.5 Å². The van der Waals surface area contributed by atoms with Gasteiger partial charge in [-0.05, 0) is 38.3 Å². The van der Waals surface area contributed by atoms with Gasteiger partial charge in [-0.1, -0.05) is 43.3 Å². The molecule has 2 rings (SSSR count). The zero-order valence-electron chi connectivity index (χ0n) is 13.4. The van der Waals surface area contributed by atoms with Crippen LogP contribution in [0.3, 0.4) is 0 Å². The summed E-state index contributed by atoms with van der Waals surface area (Å²) in [7, 11) is 0. The van der Waals surface area contributed by atoms with Crippen LogP contribution in [0.25, 0.3) is 0 Å². The molecule has 0 saturated heterocycles. The van der Waals surface area contributed by atoms with Gasteiger partial charge in [0.1, 0.15) is 17.2 Å². The van der Waals surface area contributed by atoms with E-state index < -0.39 is 0 Å². The Balaban J connectivity index is 2.41. The minimum Gasteiger partial charge on any atom is -0.370 e. The lowest BCUT2D eigenvalue weighted by Crippen LogP contribution is -2.07. The lowest BCUT2D eigenvalue weighted by atomic mass is 10.1. The third-order valence-corrected chi connectivity index (χ3v) is 4.50. The summed E-state index contributed by atoms with van der Waals surface area (Å²) in [6, 6.07) is 6.54. The number of benzene rings is 1. The molecule has 1 aromatic heterocycles. The minimum atomic E-state index is 0.383. The molecule has 0 aliphatic heterocycles. The van der Waals surface area contributed by atoms with E-state index in [4.69, 9.17) is 0 Å². The molecule has 2 aromatic rings. The molecule has 0 radical (unpaired) electrons. The molecule has 0 aliphatic rings. The summed E-state index contributed by atoms with van der Waals surface area (Å²) in [5.41, 5.74) is 3.78. The van der Waals surface area contributed by atoms with Crippen molar-refractivity contribution in [2.75, 3.05) is 11.9 Å². The second kappa shape index (κ2) is 6.94. The van der Waals surface area contributed by atoms with Crippen molar-refractivity contribution in [1.29, 1.82) is 0 Å². The fourth-order valence-electron chi connectivity index (χ4n) is 2.31. The fourth-order valence-corrected chi connectivity index (χ4v) is 3.41. The van der Waals surface area contributed by atoms with Gasteiger partial charge < -0.3 is 5.32 Å². The Morgan fingerprint density at radius 3 is 2.57 bits per heavy atom. The Morgan fingerprint density at radius 1 is 1.19 bits per heavy atom. The quantitative estimate of drug-likeness (QED) is 0.805. The standard InChI is InChI=1S/C17H23N3S/c1-6-18-16-15(11(2)3)17(20-10-19-16)21-14-8-7-12(4)9-13(14)5/h7-11H,6H2,1-5H3,(H,18,19,20). The average molecular weight is 301 g/mol. The van der Waals surface area contributed by atoms with Crippen LogP contribution in [0.4, 0.5) is 5.82 Å². The summed E-state index contributed by atoms with van der Waals surface area (Å²) < 4.78 is 0. The van der Waals surface area contributed by atoms with Crippen molar-refractivity contribution in [3.8, 4) is 0 Å². The Labute approximate surface area is 131 Å². The monoisotopic (exact) mass is 301 g/mol. The van der Waals surface area contributed by atoms with E-state index in [0.29, 0.717) is 5.92 Å². The molecule has 0 saturated carbocycles. The van der Waals surface area contributed by atoms with Gasteiger partial charge in [-0.3, -0.25) is 0 Å². The topological polar surface area (TPSA) is 37.8 Å². The van der Waals surface area contributed by atoms with Gasteiger partial charge in [0.05, 0.1) is 0 Å². The van der Waals surface area contributed by atoms with Gasteiger partial charge in [0.15, 0.2) is 0 Å². The van der Waals surface area contributed by atoms with Gasteiger partial charge in [-0.25, -0.2) is 9.97 Å². The van der Waals surface area contributed by atoms with Crippen molar-refractivity contribution in [3.05, 3.63) is 41.2 Å². The summed E-state index contributed by atoms with van der Waals surface area (Å²) in [5, 5.41) is 4.39. The number of rotatable bonds is 5. The second-order valence-electron chi connectivity index (χ2n) is 5.50. The largest absolute Gasteiger partial charge is 0.370 e. The number of nitrogens with zero attached hydrogens (tertiary/aromatic N) is 2. The predicted octanol–water partition coefficient (Wildman–Crippen LogP) is 4.80. The molecule has 0 bridgehead atoms. The van der Waals surface area contributed by atoms with E-state index in [1.807, 2.05) is 0 Å². The van der Waals surface area contributed by atoms with E-state index in [1.54, 1.807) is 18.1 Å². The maximum atomic E-state index is 4.51. The highest BCUT2D eigenvalue weighted by molar-refractivity contribution is 7.99. The summed E-state index contributed by atoms with van der Waals surface area (Å²) in [6.45, 7) is 11.6. The summed E-state index contributed by atoms with van der Waals surface area (Å²) in [4.78, 5) is 10.2. The Morgan fingerprint density at radius 2 is 1.95 bits per heavy atom. The lowest BCUT2D eigenvalue weighted by molar-refractivity contribution is 0.803. The number of anilines is 1. The highest BCUT2D eigenvalue weighted by Crippen LogP contribution is 2.36. The molecule has 0 fully saturated rings. The molecule has 1 heterocycles. The van der Waals surface area contributed by atoms with E-state index in [2.05, 4.69) is 68.1 Å². The molecule has 0 aliphatic carbocycles. The molecule has 4 heteroatoms. The van der Waals surface area contributed by atoms with Gasteiger partial charge in [0.2, 0.25) is 0 Å². The first-order valence-electron chi connectivity index (χ1n) is 7.36. The zero-order chi connectivity index (χ0) is 15.4. The van der Waals surface area contributed by atoms with Crippen LogP contribution in [0, 0.1) is 13.8 Å². The maximum Gasteiger partial charge on any atom is 0.133 e. The van der Waals surface area contributed by atoms with Crippen LogP contribution in [0.2, 0.25) is 0 Å². The van der Waals surface area contributed by atoms with Crippen LogP contribution in [-0.2, 0) is 0 Å². The zero-order valence-corrected chi connectivity index (χ0v) is 14.2. The van der Waals surface area contributed by atoms with Crippen LogP contribution in [-0.4, -0.2) is 16.5 Å². The SMILES string of the molecule is CCNc1ncnc(Sc2ccc(C)cc2C)c1C(C)C. The summed E-state index contributed by atoms with van der Waals surface area (Å²) >= 11 is 1.73. The van der Waals surface area contributed by atoms with Crippen molar-refractivity contribution in [3.63, 3.8) is 0 Å². The number of hydrogen-bond acceptors (Lipinski definition) is 4. The molecule has 21 heavy (non-hydrogen) atoms. The molecule has 1 N–H and O–H groups in total. The Bertz CT molecular complexity index is 623. The van der Waals surface area contributed by atoms with E-state index >= 15 is 0 Å². The lowest BCUT2D eigenvalue weighted by Gasteiger charge is -2.16. The van der Waals surface area contributed by atoms with E-state index in [0.717, 1.165) is 17.4 Å². The molecule has 0 unspecified atom stereocenters. The van der Waals surface area contributed by atoms with Gasteiger partial charge in [0.25, 0.3) is 0 Å². The van der Waals surface area contributed by atoms with Gasteiger partial charge >= 0.3 is 0 Å². The van der Waals surface area contributed by atoms with Gasteiger partial charge in [-0.15, -0.1) is 0 Å². The van der Waals surface area contributed by atoms with Crippen LogP contribution in [0.15, 0.2) is 34.4 Å². The minimum absolute atomic E-state index is 0.383. The molecule has 1 aromatic carbocycles. The molecular weight excluding hydrogens is 278 g/mol. The molecule has 0 atom stereocenters. The third kappa shape index (κ3) is 3.76. The Hall–Kier alpha value is -1.55. The first-order valence-corrected chi connectivity index (χ1v) is 8.18. The van der Waals surface area contributed by atoms with E-state index in [9.17, 15) is 0 Å². The summed E-state index contributed by atoms with van der Waals surface area (Å²) in [6.07, 6.45) is 1.65. The normalized spacial score (nSPS) is 11.0. The van der Waals surface area contributed by atoms with Gasteiger partial charge in [0, 0.05) is 17.0 Å². The van der Waals surface area contributed by atoms with Crippen molar-refractivity contribution in [2.24, 2.45) is 0 Å². The van der Waals surface area contributed by atoms with Gasteiger partial charge in [-0.2, -0.15) is 0 Å². The molecule has 112 valence electrons. The second-order valence-corrected chi connectivity index (χ2v) is 6.53. The predicted molar refractivity (Wildman–Crippen MR) is 90.3 cm³/mol. The molecular formula is C17H23N3S. The van der Waals surface area contributed by atoms with Crippen molar-refractivity contribution in [1.82, 2.24) is 9.97 Å². The van der Waals surface area contributed by atoms with E-state index in [1.165, 1.54) is 21.6 Å². The fraction of sp³-hybridized carbons (Fsp3) is 0.412. The molecule has 0 amide bonds. The first kappa shape index (κ1) is 15.8. The number of hydrogen-bond donors (Lipinski definition) is 1. The van der Waals surface area contributed by atoms with E-state index in [-0.39, 0.29) is 0 Å². The first-order chi connectivity index (χ1) is 10.0. The maximum absolute atomic E-state index is 4.51. The van der Waals surface area contributed by atoms with Crippen LogP contribution >= 0.6 is 11.8 Å². The third-order valence-electron chi connectivity index (χ3n) is 3.31. The van der Waals surface area contributed by atoms with Crippen LogP contribution < -0.4 is 5.32 Å². The van der Waals surface area contributed by atoms with Crippen molar-refractivity contribution < 1.29 is 0 Å². The highest BCUT2D eigenvalue weighted by atomic mass is 32.2. The molecule has 3 nitrogen and oxygen atoms in total. The smallest absolute Gasteiger partial charge is 0.133 e.